The lowest BCUT2D eigenvalue weighted by Crippen LogP contribution is -2.56. The fourth-order valence-corrected chi connectivity index (χ4v) is 3.97. The minimum atomic E-state index is -1.21. The van der Waals surface area contributed by atoms with E-state index in [9.17, 15) is 19.5 Å². The molecule has 2 fully saturated rings. The average Bonchev–Trinajstić information content (AvgIpc) is 3.07. The lowest BCUT2D eigenvalue weighted by molar-refractivity contribution is -0.151. The maximum Gasteiger partial charge on any atom is 0.329 e. The summed E-state index contributed by atoms with van der Waals surface area (Å²) in [4.78, 5) is 39.8. The van der Waals surface area contributed by atoms with Gasteiger partial charge in [0, 0.05) is 25.8 Å². The molecule has 1 aliphatic carbocycles. The second-order valence-corrected chi connectivity index (χ2v) is 7.22. The highest BCUT2D eigenvalue weighted by Gasteiger charge is 2.46. The van der Waals surface area contributed by atoms with Crippen molar-refractivity contribution in [3.8, 4) is 0 Å². The first-order valence-electron chi connectivity index (χ1n) is 8.73. The van der Waals surface area contributed by atoms with Gasteiger partial charge in [-0.15, -0.1) is 0 Å². The van der Waals surface area contributed by atoms with Crippen LogP contribution in [0.3, 0.4) is 0 Å². The van der Waals surface area contributed by atoms with E-state index in [1.54, 1.807) is 18.2 Å². The van der Waals surface area contributed by atoms with Crippen LogP contribution >= 0.6 is 11.6 Å². The first-order chi connectivity index (χ1) is 12.4. The molecule has 0 bridgehead atoms. The van der Waals surface area contributed by atoms with Crippen LogP contribution in [-0.2, 0) is 4.79 Å². The Balaban J connectivity index is 1.93. The Morgan fingerprint density at radius 3 is 2.54 bits per heavy atom. The molecule has 1 aromatic carbocycles. The number of nitrogens with one attached hydrogen (secondary N) is 1. The number of carbonyl (C=O) groups is 3. The summed E-state index contributed by atoms with van der Waals surface area (Å²) in [6, 6.07) is 4.58. The molecule has 1 heterocycles. The second-order valence-electron chi connectivity index (χ2n) is 6.81. The molecular weight excluding hydrogens is 358 g/mol. The minimum Gasteiger partial charge on any atom is -0.479 e. The molecule has 1 aliphatic heterocycles. The molecule has 8 heteroatoms. The molecule has 3 amide bonds. The molecule has 2 aliphatic rings. The molecule has 0 spiro atoms. The van der Waals surface area contributed by atoms with E-state index in [1.165, 1.54) is 16.8 Å². The highest BCUT2D eigenvalue weighted by atomic mass is 35.5. The van der Waals surface area contributed by atoms with Crippen molar-refractivity contribution in [2.24, 2.45) is 0 Å². The van der Waals surface area contributed by atoms with Gasteiger partial charge in [-0.25, -0.2) is 9.59 Å². The summed E-state index contributed by atoms with van der Waals surface area (Å²) in [5, 5.41) is 12.7. The van der Waals surface area contributed by atoms with Crippen molar-refractivity contribution in [3.63, 3.8) is 0 Å². The van der Waals surface area contributed by atoms with Gasteiger partial charge in [-0.3, -0.25) is 9.69 Å². The number of benzene rings is 1. The molecule has 140 valence electrons. The number of likely N-dealkylation sites (N-methyl/N-ethyl adjacent to an activating group) is 1. The Labute approximate surface area is 156 Å². The first-order valence-corrected chi connectivity index (χ1v) is 9.11. The number of hydrogen-bond donors (Lipinski definition) is 2. The normalized spacial score (nSPS) is 19.2. The van der Waals surface area contributed by atoms with E-state index in [0.29, 0.717) is 31.6 Å². The van der Waals surface area contributed by atoms with Gasteiger partial charge in [-0.1, -0.05) is 30.9 Å². The SMILES string of the molecule is CN(C(=O)c1cc(N2CCNC2=O)ccc1Cl)C1(C(=O)O)CCCCC1. The van der Waals surface area contributed by atoms with Crippen molar-refractivity contribution < 1.29 is 19.5 Å². The summed E-state index contributed by atoms with van der Waals surface area (Å²) in [6.45, 7) is 1.04. The van der Waals surface area contributed by atoms with E-state index in [2.05, 4.69) is 5.32 Å². The second kappa shape index (κ2) is 7.15. The van der Waals surface area contributed by atoms with Crippen LogP contribution in [0.2, 0.25) is 5.02 Å². The summed E-state index contributed by atoms with van der Waals surface area (Å²) in [5.41, 5.74) is -0.439. The highest BCUT2D eigenvalue weighted by Crippen LogP contribution is 2.35. The van der Waals surface area contributed by atoms with Crippen molar-refractivity contribution in [1.82, 2.24) is 10.2 Å². The number of rotatable bonds is 4. The number of carboxylic acid groups (broad SMARTS) is 1. The molecule has 26 heavy (non-hydrogen) atoms. The molecule has 0 unspecified atom stereocenters. The lowest BCUT2D eigenvalue weighted by atomic mass is 9.80. The topological polar surface area (TPSA) is 90.0 Å². The maximum absolute atomic E-state index is 13.1. The minimum absolute atomic E-state index is 0.206. The van der Waals surface area contributed by atoms with Crippen LogP contribution in [0.1, 0.15) is 42.5 Å². The van der Waals surface area contributed by atoms with Crippen LogP contribution in [-0.4, -0.2) is 53.6 Å². The third-order valence-corrected chi connectivity index (χ3v) is 5.70. The van der Waals surface area contributed by atoms with Crippen LogP contribution in [0.25, 0.3) is 0 Å². The van der Waals surface area contributed by atoms with Gasteiger partial charge in [0.25, 0.3) is 5.91 Å². The largest absolute Gasteiger partial charge is 0.479 e. The predicted octanol–water partition coefficient (Wildman–Crippen LogP) is 2.73. The Morgan fingerprint density at radius 1 is 1.27 bits per heavy atom. The van der Waals surface area contributed by atoms with E-state index < -0.39 is 17.4 Å². The number of carbonyl (C=O) groups excluding carboxylic acids is 2. The van der Waals surface area contributed by atoms with E-state index >= 15 is 0 Å². The van der Waals surface area contributed by atoms with Gasteiger partial charge >= 0.3 is 12.0 Å². The summed E-state index contributed by atoms with van der Waals surface area (Å²) in [6.07, 6.45) is 3.36. The van der Waals surface area contributed by atoms with Crippen molar-refractivity contribution in [3.05, 3.63) is 28.8 Å². The van der Waals surface area contributed by atoms with Crippen molar-refractivity contribution >= 4 is 35.2 Å². The van der Waals surface area contributed by atoms with Gasteiger partial charge in [0.05, 0.1) is 10.6 Å². The van der Waals surface area contributed by atoms with E-state index in [0.717, 1.165) is 19.3 Å². The molecule has 1 aromatic rings. The van der Waals surface area contributed by atoms with Crippen molar-refractivity contribution in [1.29, 1.82) is 0 Å². The summed E-state index contributed by atoms with van der Waals surface area (Å²) >= 11 is 6.23. The number of halogens is 1. The zero-order valence-corrected chi connectivity index (χ0v) is 15.4. The smallest absolute Gasteiger partial charge is 0.329 e. The van der Waals surface area contributed by atoms with Crippen molar-refractivity contribution in [2.45, 2.75) is 37.6 Å². The van der Waals surface area contributed by atoms with Gasteiger partial charge in [0.15, 0.2) is 0 Å². The van der Waals surface area contributed by atoms with Crippen LogP contribution in [0.5, 0.6) is 0 Å². The third-order valence-electron chi connectivity index (χ3n) is 5.37. The van der Waals surface area contributed by atoms with Gasteiger partial charge in [0.2, 0.25) is 0 Å². The van der Waals surface area contributed by atoms with E-state index in [4.69, 9.17) is 11.6 Å². The van der Waals surface area contributed by atoms with E-state index in [1.807, 2.05) is 0 Å². The quantitative estimate of drug-likeness (QED) is 0.841. The average molecular weight is 380 g/mol. The van der Waals surface area contributed by atoms with Crippen LogP contribution in [0.15, 0.2) is 18.2 Å². The number of anilines is 1. The molecular formula is C18H22ClN3O4. The summed E-state index contributed by atoms with van der Waals surface area (Å²) < 4.78 is 0. The van der Waals surface area contributed by atoms with Gasteiger partial charge < -0.3 is 15.3 Å². The molecule has 0 atom stereocenters. The molecule has 0 radical (unpaired) electrons. The van der Waals surface area contributed by atoms with Gasteiger partial charge in [-0.05, 0) is 31.0 Å². The first kappa shape index (κ1) is 18.5. The van der Waals surface area contributed by atoms with Crippen LogP contribution in [0, 0.1) is 0 Å². The molecule has 7 nitrogen and oxygen atoms in total. The van der Waals surface area contributed by atoms with E-state index in [-0.39, 0.29) is 16.6 Å². The summed E-state index contributed by atoms with van der Waals surface area (Å²) in [5.74, 6) is -1.43. The van der Waals surface area contributed by atoms with Gasteiger partial charge in [-0.2, -0.15) is 0 Å². The molecule has 3 rings (SSSR count). The zero-order chi connectivity index (χ0) is 18.9. The molecule has 1 saturated carbocycles. The Bertz CT molecular complexity index is 746. The Hall–Kier alpha value is -2.28. The number of carboxylic acids is 1. The number of urea groups is 1. The highest BCUT2D eigenvalue weighted by molar-refractivity contribution is 6.34. The number of nitrogens with zero attached hydrogens (tertiary/aromatic N) is 2. The number of amides is 3. The summed E-state index contributed by atoms with van der Waals surface area (Å²) in [7, 11) is 1.52. The molecule has 1 saturated heterocycles. The number of hydrogen-bond acceptors (Lipinski definition) is 3. The predicted molar refractivity (Wildman–Crippen MR) is 97.7 cm³/mol. The molecule has 0 aromatic heterocycles. The van der Waals surface area contributed by atoms with Crippen LogP contribution < -0.4 is 10.2 Å². The third kappa shape index (κ3) is 3.11. The number of aliphatic carboxylic acids is 1. The monoisotopic (exact) mass is 379 g/mol. The zero-order valence-electron chi connectivity index (χ0n) is 14.6. The standard InChI is InChI=1S/C18H22ClN3O4/c1-21(18(16(24)25)7-3-2-4-8-18)15(23)13-11-12(5-6-14(13)19)22-10-9-20-17(22)26/h5-6,11H,2-4,7-10H2,1H3,(H,20,26)(H,24,25). The van der Waals surface area contributed by atoms with Crippen molar-refractivity contribution in [2.75, 3.05) is 25.0 Å². The van der Waals surface area contributed by atoms with Gasteiger partial charge in [0.1, 0.15) is 5.54 Å². The Morgan fingerprint density at radius 2 is 1.96 bits per heavy atom. The maximum atomic E-state index is 13.1. The fraction of sp³-hybridized carbons (Fsp3) is 0.500. The molecule has 2 N–H and O–H groups in total. The Kier molecular flexibility index (Phi) is 5.09. The lowest BCUT2D eigenvalue weighted by Gasteiger charge is -2.41. The fourth-order valence-electron chi connectivity index (χ4n) is 3.77. The van der Waals surface area contributed by atoms with Crippen LogP contribution in [0.4, 0.5) is 10.5 Å².